The second-order valence-corrected chi connectivity index (χ2v) is 6.68. The summed E-state index contributed by atoms with van der Waals surface area (Å²) in [5.74, 6) is 0.594. The van der Waals surface area contributed by atoms with Crippen LogP contribution in [-0.4, -0.2) is 36.6 Å². The van der Waals surface area contributed by atoms with E-state index in [0.29, 0.717) is 5.88 Å². The Hall–Kier alpha value is -0.730. The van der Waals surface area contributed by atoms with Crippen molar-refractivity contribution in [2.45, 2.75) is 39.1 Å². The van der Waals surface area contributed by atoms with Crippen LogP contribution in [0.5, 0.6) is 0 Å². The summed E-state index contributed by atoms with van der Waals surface area (Å²) in [4.78, 5) is 5.03. The lowest BCUT2D eigenvalue weighted by atomic mass is 10.0. The molecular weight excluding hydrogens is 256 g/mol. The van der Waals surface area contributed by atoms with E-state index in [-0.39, 0.29) is 5.54 Å². The lowest BCUT2D eigenvalue weighted by molar-refractivity contribution is 0.128. The van der Waals surface area contributed by atoms with Crippen molar-refractivity contribution in [2.75, 3.05) is 31.1 Å². The minimum atomic E-state index is 0.273. The molecule has 0 amide bonds. The van der Waals surface area contributed by atoms with Gasteiger partial charge in [-0.1, -0.05) is 17.7 Å². The number of rotatable bonds is 2. The van der Waals surface area contributed by atoms with E-state index in [4.69, 9.17) is 11.6 Å². The summed E-state index contributed by atoms with van der Waals surface area (Å²) in [7, 11) is 0. The molecule has 0 N–H and O–H groups in total. The number of halogens is 1. The van der Waals surface area contributed by atoms with Crippen molar-refractivity contribution >= 4 is 17.3 Å². The average Bonchev–Trinajstić information content (AvgIpc) is 2.37. The van der Waals surface area contributed by atoms with Gasteiger partial charge in [-0.2, -0.15) is 0 Å². The van der Waals surface area contributed by atoms with Gasteiger partial charge in [-0.25, -0.2) is 0 Å². The van der Waals surface area contributed by atoms with Gasteiger partial charge >= 0.3 is 0 Å². The van der Waals surface area contributed by atoms with Crippen molar-refractivity contribution in [3.8, 4) is 0 Å². The van der Waals surface area contributed by atoms with E-state index in [1.54, 1.807) is 0 Å². The molecule has 2 nitrogen and oxygen atoms in total. The number of benzene rings is 1. The molecule has 0 spiro atoms. The van der Waals surface area contributed by atoms with E-state index in [2.05, 4.69) is 55.7 Å². The van der Waals surface area contributed by atoms with Crippen LogP contribution in [0.15, 0.2) is 18.2 Å². The van der Waals surface area contributed by atoms with Crippen LogP contribution in [0.25, 0.3) is 0 Å². The maximum Gasteiger partial charge on any atom is 0.0494 e. The third kappa shape index (κ3) is 3.43. The summed E-state index contributed by atoms with van der Waals surface area (Å²) in [6, 6.07) is 6.61. The van der Waals surface area contributed by atoms with Gasteiger partial charge in [-0.3, -0.25) is 4.90 Å². The number of hydrogen-bond acceptors (Lipinski definition) is 2. The molecule has 1 heterocycles. The fraction of sp³-hybridized carbons (Fsp3) is 0.625. The van der Waals surface area contributed by atoms with E-state index in [9.17, 15) is 0 Å². The van der Waals surface area contributed by atoms with Gasteiger partial charge in [0.2, 0.25) is 0 Å². The largest absolute Gasteiger partial charge is 0.369 e. The Morgan fingerprint density at radius 2 is 1.74 bits per heavy atom. The molecule has 2 rings (SSSR count). The van der Waals surface area contributed by atoms with Crippen molar-refractivity contribution < 1.29 is 0 Å². The van der Waals surface area contributed by atoms with Gasteiger partial charge in [-0.05, 0) is 39.3 Å². The second kappa shape index (κ2) is 5.72. The van der Waals surface area contributed by atoms with Gasteiger partial charge in [0.25, 0.3) is 0 Å². The molecule has 0 bridgehead atoms. The van der Waals surface area contributed by atoms with Crippen molar-refractivity contribution in [3.05, 3.63) is 29.3 Å². The molecule has 1 aromatic rings. The maximum atomic E-state index is 6.09. The third-order valence-corrected chi connectivity index (χ3v) is 4.24. The molecule has 1 saturated heterocycles. The van der Waals surface area contributed by atoms with Gasteiger partial charge in [0.15, 0.2) is 0 Å². The smallest absolute Gasteiger partial charge is 0.0494 e. The molecule has 1 aliphatic heterocycles. The van der Waals surface area contributed by atoms with Crippen molar-refractivity contribution in [3.63, 3.8) is 0 Å². The van der Waals surface area contributed by atoms with E-state index in [0.717, 1.165) is 26.2 Å². The Morgan fingerprint density at radius 1 is 1.11 bits per heavy atom. The van der Waals surface area contributed by atoms with Crippen LogP contribution in [0.3, 0.4) is 0 Å². The summed E-state index contributed by atoms with van der Waals surface area (Å²) in [5.41, 5.74) is 4.13. The predicted molar refractivity (Wildman–Crippen MR) is 84.3 cm³/mol. The zero-order valence-electron chi connectivity index (χ0n) is 12.5. The van der Waals surface area contributed by atoms with Crippen LogP contribution in [0.2, 0.25) is 0 Å². The van der Waals surface area contributed by atoms with Gasteiger partial charge in [-0.15, -0.1) is 11.6 Å². The molecule has 1 fully saturated rings. The summed E-state index contributed by atoms with van der Waals surface area (Å²) in [6.07, 6.45) is 0. The number of aryl methyl sites for hydroxylation is 1. The SMILES string of the molecule is Cc1ccc(N2CCN(C(C)(C)C)CC2)c(CCl)c1. The molecule has 0 aliphatic carbocycles. The van der Waals surface area contributed by atoms with Gasteiger partial charge < -0.3 is 4.90 Å². The monoisotopic (exact) mass is 280 g/mol. The maximum absolute atomic E-state index is 6.09. The Labute approximate surface area is 122 Å². The number of piperazine rings is 1. The highest BCUT2D eigenvalue weighted by atomic mass is 35.5. The molecule has 1 aromatic carbocycles. The van der Waals surface area contributed by atoms with E-state index >= 15 is 0 Å². The Kier molecular flexibility index (Phi) is 4.42. The number of alkyl halides is 1. The lowest BCUT2D eigenvalue weighted by Crippen LogP contribution is -2.53. The molecule has 0 atom stereocenters. The van der Waals surface area contributed by atoms with Crippen molar-refractivity contribution in [1.29, 1.82) is 0 Å². The van der Waals surface area contributed by atoms with E-state index < -0.39 is 0 Å². The lowest BCUT2D eigenvalue weighted by Gasteiger charge is -2.43. The zero-order valence-corrected chi connectivity index (χ0v) is 13.3. The molecule has 106 valence electrons. The Balaban J connectivity index is 2.10. The highest BCUT2D eigenvalue weighted by Crippen LogP contribution is 2.26. The number of nitrogens with zero attached hydrogens (tertiary/aromatic N) is 2. The number of hydrogen-bond donors (Lipinski definition) is 0. The Morgan fingerprint density at radius 3 is 2.26 bits per heavy atom. The molecule has 3 heteroatoms. The van der Waals surface area contributed by atoms with E-state index in [1.165, 1.54) is 16.8 Å². The highest BCUT2D eigenvalue weighted by Gasteiger charge is 2.26. The van der Waals surface area contributed by atoms with Gasteiger partial charge in [0.05, 0.1) is 0 Å². The first-order valence-electron chi connectivity index (χ1n) is 7.07. The minimum absolute atomic E-state index is 0.273. The van der Waals surface area contributed by atoms with Crippen molar-refractivity contribution in [2.24, 2.45) is 0 Å². The second-order valence-electron chi connectivity index (χ2n) is 6.41. The molecule has 19 heavy (non-hydrogen) atoms. The van der Waals surface area contributed by atoms with Crippen LogP contribution in [-0.2, 0) is 5.88 Å². The van der Waals surface area contributed by atoms with Crippen LogP contribution >= 0.6 is 11.6 Å². The normalized spacial score (nSPS) is 17.8. The molecule has 0 saturated carbocycles. The van der Waals surface area contributed by atoms with Crippen LogP contribution in [0, 0.1) is 6.92 Å². The Bertz CT molecular complexity index is 429. The summed E-state index contributed by atoms with van der Waals surface area (Å²) < 4.78 is 0. The molecule has 0 unspecified atom stereocenters. The summed E-state index contributed by atoms with van der Waals surface area (Å²) in [6.45, 7) is 13.4. The van der Waals surface area contributed by atoms with E-state index in [1.807, 2.05) is 0 Å². The molecule has 0 aromatic heterocycles. The first-order chi connectivity index (χ1) is 8.91. The fourth-order valence-corrected chi connectivity index (χ4v) is 2.96. The number of anilines is 1. The van der Waals surface area contributed by atoms with Crippen molar-refractivity contribution in [1.82, 2.24) is 4.90 Å². The molecule has 0 radical (unpaired) electrons. The highest BCUT2D eigenvalue weighted by molar-refractivity contribution is 6.17. The molecular formula is C16H25ClN2. The topological polar surface area (TPSA) is 6.48 Å². The van der Waals surface area contributed by atoms with Gasteiger partial charge in [0.1, 0.15) is 0 Å². The molecule has 1 aliphatic rings. The fourth-order valence-electron chi connectivity index (χ4n) is 2.75. The first-order valence-corrected chi connectivity index (χ1v) is 7.61. The zero-order chi connectivity index (χ0) is 14.0. The standard InChI is InChI=1S/C16H25ClN2/c1-13-5-6-15(14(11-13)12-17)18-7-9-19(10-8-18)16(2,3)4/h5-6,11H,7-10,12H2,1-4H3. The van der Waals surface area contributed by atoms with Crippen LogP contribution in [0.1, 0.15) is 31.9 Å². The van der Waals surface area contributed by atoms with Crippen LogP contribution in [0.4, 0.5) is 5.69 Å². The average molecular weight is 281 g/mol. The van der Waals surface area contributed by atoms with Crippen LogP contribution < -0.4 is 4.90 Å². The third-order valence-electron chi connectivity index (χ3n) is 3.95. The summed E-state index contributed by atoms with van der Waals surface area (Å²) >= 11 is 6.09. The quantitative estimate of drug-likeness (QED) is 0.763. The predicted octanol–water partition coefficient (Wildman–Crippen LogP) is 3.65. The first kappa shape index (κ1) is 14.7. The van der Waals surface area contributed by atoms with Gasteiger partial charge in [0, 0.05) is 43.3 Å². The minimum Gasteiger partial charge on any atom is -0.369 e. The summed E-state index contributed by atoms with van der Waals surface area (Å²) in [5, 5.41) is 0.